The first-order valence-electron chi connectivity index (χ1n) is 5.70. The van der Waals surface area contributed by atoms with Crippen LogP contribution in [0.2, 0.25) is 0 Å². The molecular weight excluding hydrogens is 221 g/mol. The van der Waals surface area contributed by atoms with Crippen molar-refractivity contribution in [3.63, 3.8) is 0 Å². The third kappa shape index (κ3) is 2.49. The number of amides is 2. The van der Waals surface area contributed by atoms with Crippen molar-refractivity contribution in [2.24, 2.45) is 0 Å². The Labute approximate surface area is 99.4 Å². The van der Waals surface area contributed by atoms with E-state index in [1.54, 1.807) is 6.92 Å². The third-order valence-electron chi connectivity index (χ3n) is 3.13. The molecule has 2 rings (SSSR count). The van der Waals surface area contributed by atoms with Gasteiger partial charge in [-0.1, -0.05) is 0 Å². The summed E-state index contributed by atoms with van der Waals surface area (Å²) in [6.45, 7) is 1.68. The Hall–Kier alpha value is -1.78. The highest BCUT2D eigenvalue weighted by Crippen LogP contribution is 2.25. The molecule has 0 saturated heterocycles. The van der Waals surface area contributed by atoms with Crippen LogP contribution in [0, 0.1) is 12.7 Å². The van der Waals surface area contributed by atoms with E-state index < -0.39 is 5.82 Å². The van der Waals surface area contributed by atoms with Crippen molar-refractivity contribution in [1.82, 2.24) is 5.32 Å². The number of nitrogen functional groups attached to an aromatic ring is 1. The molecule has 1 aliphatic carbocycles. The molecule has 0 bridgehead atoms. The minimum Gasteiger partial charge on any atom is -0.398 e. The minimum atomic E-state index is -0.472. The Kier molecular flexibility index (Phi) is 3.17. The van der Waals surface area contributed by atoms with Gasteiger partial charge in [0.1, 0.15) is 5.82 Å². The van der Waals surface area contributed by atoms with Crippen LogP contribution < -0.4 is 16.4 Å². The number of nitrogens with two attached hydrogens (primary N) is 1. The zero-order valence-corrected chi connectivity index (χ0v) is 9.72. The van der Waals surface area contributed by atoms with Crippen molar-refractivity contribution in [2.75, 3.05) is 11.1 Å². The number of carbonyl (C=O) groups is 1. The van der Waals surface area contributed by atoms with Crippen molar-refractivity contribution in [3.05, 3.63) is 23.5 Å². The lowest BCUT2D eigenvalue weighted by molar-refractivity contribution is 0.240. The van der Waals surface area contributed by atoms with E-state index >= 15 is 0 Å². The fraction of sp³-hybridized carbons (Fsp3) is 0.417. The van der Waals surface area contributed by atoms with Gasteiger partial charge in [-0.15, -0.1) is 0 Å². The predicted molar refractivity (Wildman–Crippen MR) is 65.3 cm³/mol. The monoisotopic (exact) mass is 237 g/mol. The number of urea groups is 1. The maximum atomic E-state index is 13.5. The quantitative estimate of drug-likeness (QED) is 0.691. The molecule has 1 aliphatic rings. The molecule has 1 saturated carbocycles. The molecule has 0 aliphatic heterocycles. The average Bonchev–Trinajstić information content (AvgIpc) is 2.24. The molecule has 5 heteroatoms. The molecule has 0 unspecified atom stereocenters. The summed E-state index contributed by atoms with van der Waals surface area (Å²) in [6.07, 6.45) is 3.12. The largest absolute Gasteiger partial charge is 0.398 e. The SMILES string of the molecule is Cc1c(N)ccc(F)c1NC(=O)NC1CCC1. The molecule has 0 atom stereocenters. The first-order chi connectivity index (χ1) is 8.08. The Bertz CT molecular complexity index is 444. The zero-order chi connectivity index (χ0) is 12.4. The van der Waals surface area contributed by atoms with Crippen LogP contribution in [0.25, 0.3) is 0 Å². The van der Waals surface area contributed by atoms with Gasteiger partial charge in [0.25, 0.3) is 0 Å². The number of hydrogen-bond acceptors (Lipinski definition) is 2. The van der Waals surface area contributed by atoms with Gasteiger partial charge < -0.3 is 16.4 Å². The summed E-state index contributed by atoms with van der Waals surface area (Å²) in [5.41, 5.74) is 6.83. The Morgan fingerprint density at radius 3 is 2.76 bits per heavy atom. The van der Waals surface area contributed by atoms with Crippen molar-refractivity contribution in [3.8, 4) is 0 Å². The Morgan fingerprint density at radius 2 is 2.18 bits per heavy atom. The number of halogens is 1. The third-order valence-corrected chi connectivity index (χ3v) is 3.13. The van der Waals surface area contributed by atoms with Crippen LogP contribution in [0.3, 0.4) is 0 Å². The molecule has 2 amide bonds. The summed E-state index contributed by atoms with van der Waals surface area (Å²) < 4.78 is 13.5. The molecule has 92 valence electrons. The van der Waals surface area contributed by atoms with E-state index in [4.69, 9.17) is 5.73 Å². The lowest BCUT2D eigenvalue weighted by atomic mass is 9.93. The Morgan fingerprint density at radius 1 is 1.47 bits per heavy atom. The second-order valence-electron chi connectivity index (χ2n) is 4.36. The minimum absolute atomic E-state index is 0.154. The number of anilines is 2. The number of carbonyl (C=O) groups excluding carboxylic acids is 1. The van der Waals surface area contributed by atoms with Gasteiger partial charge in [0.05, 0.1) is 5.69 Å². The van der Waals surface area contributed by atoms with Crippen LogP contribution in [-0.4, -0.2) is 12.1 Å². The lowest BCUT2D eigenvalue weighted by Gasteiger charge is -2.26. The highest BCUT2D eigenvalue weighted by Gasteiger charge is 2.20. The molecule has 0 aromatic heterocycles. The molecular formula is C12H16FN3O. The van der Waals surface area contributed by atoms with Gasteiger partial charge in [0.15, 0.2) is 0 Å². The van der Waals surface area contributed by atoms with Crippen LogP contribution in [-0.2, 0) is 0 Å². The normalized spacial score (nSPS) is 15.2. The number of nitrogens with one attached hydrogen (secondary N) is 2. The second-order valence-corrected chi connectivity index (χ2v) is 4.36. The van der Waals surface area contributed by atoms with Gasteiger partial charge in [-0.3, -0.25) is 0 Å². The molecule has 0 radical (unpaired) electrons. The van der Waals surface area contributed by atoms with Gasteiger partial charge in [0.2, 0.25) is 0 Å². The summed E-state index contributed by atoms with van der Waals surface area (Å²) in [5, 5.41) is 5.29. The van der Waals surface area contributed by atoms with Gasteiger partial charge in [-0.05, 0) is 43.9 Å². The summed E-state index contributed by atoms with van der Waals surface area (Å²) in [4.78, 5) is 11.6. The second kappa shape index (κ2) is 4.61. The first kappa shape index (κ1) is 11.7. The van der Waals surface area contributed by atoms with Crippen molar-refractivity contribution in [2.45, 2.75) is 32.2 Å². The van der Waals surface area contributed by atoms with E-state index in [-0.39, 0.29) is 17.8 Å². The molecule has 1 aromatic carbocycles. The molecule has 4 nitrogen and oxygen atoms in total. The summed E-state index contributed by atoms with van der Waals surface area (Å²) in [7, 11) is 0. The summed E-state index contributed by atoms with van der Waals surface area (Å²) >= 11 is 0. The van der Waals surface area contributed by atoms with E-state index in [0.717, 1.165) is 19.3 Å². The van der Waals surface area contributed by atoms with E-state index in [2.05, 4.69) is 10.6 Å². The highest BCUT2D eigenvalue weighted by atomic mass is 19.1. The summed E-state index contributed by atoms with van der Waals surface area (Å²) in [6, 6.07) is 2.59. The maximum Gasteiger partial charge on any atom is 0.319 e. The average molecular weight is 237 g/mol. The number of hydrogen-bond donors (Lipinski definition) is 3. The van der Waals surface area contributed by atoms with Crippen LogP contribution in [0.15, 0.2) is 12.1 Å². The van der Waals surface area contributed by atoms with Crippen LogP contribution >= 0.6 is 0 Å². The highest BCUT2D eigenvalue weighted by molar-refractivity contribution is 5.91. The van der Waals surface area contributed by atoms with E-state index in [9.17, 15) is 9.18 Å². The topological polar surface area (TPSA) is 67.1 Å². The predicted octanol–water partition coefficient (Wildman–Crippen LogP) is 2.39. The smallest absolute Gasteiger partial charge is 0.319 e. The number of rotatable bonds is 2. The van der Waals surface area contributed by atoms with Crippen molar-refractivity contribution in [1.29, 1.82) is 0 Å². The maximum absolute atomic E-state index is 13.5. The fourth-order valence-electron chi connectivity index (χ4n) is 1.74. The van der Waals surface area contributed by atoms with Crippen LogP contribution in [0.1, 0.15) is 24.8 Å². The van der Waals surface area contributed by atoms with Gasteiger partial charge in [0, 0.05) is 11.7 Å². The number of benzene rings is 1. The molecule has 0 heterocycles. The molecule has 4 N–H and O–H groups in total. The Balaban J connectivity index is 2.06. The molecule has 1 aromatic rings. The van der Waals surface area contributed by atoms with E-state index in [1.807, 2.05) is 0 Å². The van der Waals surface area contributed by atoms with E-state index in [1.165, 1.54) is 12.1 Å². The van der Waals surface area contributed by atoms with Crippen molar-refractivity contribution >= 4 is 17.4 Å². The fourth-order valence-corrected chi connectivity index (χ4v) is 1.74. The van der Waals surface area contributed by atoms with Gasteiger partial charge >= 0.3 is 6.03 Å². The zero-order valence-electron chi connectivity index (χ0n) is 9.72. The molecule has 17 heavy (non-hydrogen) atoms. The lowest BCUT2D eigenvalue weighted by Crippen LogP contribution is -2.42. The molecule has 0 spiro atoms. The van der Waals surface area contributed by atoms with Crippen molar-refractivity contribution < 1.29 is 9.18 Å². The van der Waals surface area contributed by atoms with Crippen LogP contribution in [0.4, 0.5) is 20.6 Å². The van der Waals surface area contributed by atoms with Gasteiger partial charge in [-0.25, -0.2) is 9.18 Å². The first-order valence-corrected chi connectivity index (χ1v) is 5.70. The standard InChI is InChI=1S/C12H16FN3O/c1-7-10(14)6-5-9(13)11(7)16-12(17)15-8-3-2-4-8/h5-6,8H,2-4,14H2,1H3,(H2,15,16,17). The molecule has 1 fully saturated rings. The van der Waals surface area contributed by atoms with Crippen LogP contribution in [0.5, 0.6) is 0 Å². The summed E-state index contributed by atoms with van der Waals surface area (Å²) in [5.74, 6) is -0.472. The van der Waals surface area contributed by atoms with E-state index in [0.29, 0.717) is 11.3 Å². The van der Waals surface area contributed by atoms with Gasteiger partial charge in [-0.2, -0.15) is 0 Å².